The van der Waals surface area contributed by atoms with E-state index in [1.807, 2.05) is 39.0 Å². The number of hydrogen-bond donors (Lipinski definition) is 1. The Bertz CT molecular complexity index is 580. The summed E-state index contributed by atoms with van der Waals surface area (Å²) in [5.74, 6) is 0.256. The molecular formula is C20H30N2O3. The van der Waals surface area contributed by atoms with Gasteiger partial charge in [-0.1, -0.05) is 37.3 Å². The van der Waals surface area contributed by atoms with Crippen molar-refractivity contribution in [2.24, 2.45) is 5.92 Å². The van der Waals surface area contributed by atoms with Gasteiger partial charge in [0.15, 0.2) is 0 Å². The Morgan fingerprint density at radius 3 is 2.60 bits per heavy atom. The molecule has 2 rings (SSSR count). The van der Waals surface area contributed by atoms with E-state index in [0.717, 1.165) is 12.8 Å². The molecule has 0 radical (unpaired) electrons. The number of rotatable bonds is 5. The lowest BCUT2D eigenvalue weighted by Crippen LogP contribution is -2.48. The normalized spacial score (nSPS) is 18.7. The molecule has 1 saturated heterocycles. The molecular weight excluding hydrogens is 316 g/mol. The number of likely N-dealkylation sites (tertiary alicyclic amines) is 1. The quantitative estimate of drug-likeness (QED) is 0.889. The lowest BCUT2D eigenvalue weighted by Gasteiger charge is -2.28. The molecule has 25 heavy (non-hydrogen) atoms. The van der Waals surface area contributed by atoms with Crippen LogP contribution in [0.25, 0.3) is 0 Å². The van der Waals surface area contributed by atoms with E-state index >= 15 is 0 Å². The Labute approximate surface area is 150 Å². The van der Waals surface area contributed by atoms with Gasteiger partial charge in [0.2, 0.25) is 5.91 Å². The predicted octanol–water partition coefficient (Wildman–Crippen LogP) is 3.38. The maximum absolute atomic E-state index is 12.5. The molecule has 2 atom stereocenters. The fraction of sp³-hybridized carbons (Fsp3) is 0.600. The van der Waals surface area contributed by atoms with Crippen LogP contribution < -0.4 is 5.32 Å². The highest BCUT2D eigenvalue weighted by Gasteiger charge is 2.36. The van der Waals surface area contributed by atoms with Gasteiger partial charge in [-0.3, -0.25) is 9.69 Å². The Kier molecular flexibility index (Phi) is 6.45. The minimum absolute atomic E-state index is 0.0803. The van der Waals surface area contributed by atoms with Crippen molar-refractivity contribution in [3.63, 3.8) is 0 Å². The summed E-state index contributed by atoms with van der Waals surface area (Å²) in [6, 6.07) is 9.83. The molecule has 1 aliphatic rings. The third-order valence-electron chi connectivity index (χ3n) is 4.24. The zero-order valence-corrected chi connectivity index (χ0v) is 15.7. The lowest BCUT2D eigenvalue weighted by molar-refractivity contribution is -0.125. The van der Waals surface area contributed by atoms with Crippen molar-refractivity contribution in [2.45, 2.75) is 58.6 Å². The summed E-state index contributed by atoms with van der Waals surface area (Å²) in [5, 5.41) is 3.00. The van der Waals surface area contributed by atoms with Gasteiger partial charge in [-0.2, -0.15) is 0 Å². The van der Waals surface area contributed by atoms with Crippen molar-refractivity contribution in [1.82, 2.24) is 10.2 Å². The van der Waals surface area contributed by atoms with Crippen LogP contribution in [0, 0.1) is 5.92 Å². The van der Waals surface area contributed by atoms with E-state index in [-0.39, 0.29) is 5.91 Å². The van der Waals surface area contributed by atoms with Crippen molar-refractivity contribution < 1.29 is 14.3 Å². The summed E-state index contributed by atoms with van der Waals surface area (Å²) in [6.45, 7) is 8.80. The van der Waals surface area contributed by atoms with Gasteiger partial charge >= 0.3 is 6.09 Å². The Morgan fingerprint density at radius 1 is 1.28 bits per heavy atom. The van der Waals surface area contributed by atoms with Crippen LogP contribution in [0.5, 0.6) is 0 Å². The SMILES string of the molecule is CC(CNC(=O)C1CCCN1C(=O)OC(C)(C)C)Cc1ccccc1. The van der Waals surface area contributed by atoms with E-state index in [1.54, 1.807) is 4.90 Å². The number of nitrogens with one attached hydrogen (secondary N) is 1. The van der Waals surface area contributed by atoms with E-state index in [9.17, 15) is 9.59 Å². The molecule has 1 aromatic rings. The first-order chi connectivity index (χ1) is 11.8. The number of amides is 2. The summed E-state index contributed by atoms with van der Waals surface area (Å²) in [4.78, 5) is 26.4. The summed E-state index contributed by atoms with van der Waals surface area (Å²) in [7, 11) is 0. The molecule has 138 valence electrons. The van der Waals surface area contributed by atoms with E-state index in [0.29, 0.717) is 25.4 Å². The standard InChI is InChI=1S/C20H30N2O3/c1-15(13-16-9-6-5-7-10-16)14-21-18(23)17-11-8-12-22(17)19(24)25-20(2,3)4/h5-7,9-10,15,17H,8,11-14H2,1-4H3,(H,21,23). The molecule has 2 unspecified atom stereocenters. The third-order valence-corrected chi connectivity index (χ3v) is 4.24. The van der Waals surface area contributed by atoms with Crippen LogP contribution in [0.4, 0.5) is 4.79 Å². The van der Waals surface area contributed by atoms with Gasteiger partial charge in [-0.15, -0.1) is 0 Å². The highest BCUT2D eigenvalue weighted by Crippen LogP contribution is 2.21. The predicted molar refractivity (Wildman–Crippen MR) is 98.3 cm³/mol. The van der Waals surface area contributed by atoms with E-state index in [4.69, 9.17) is 4.74 Å². The van der Waals surface area contributed by atoms with Gasteiger partial charge < -0.3 is 10.1 Å². The first-order valence-electron chi connectivity index (χ1n) is 9.07. The van der Waals surface area contributed by atoms with Gasteiger partial charge in [0.25, 0.3) is 0 Å². The van der Waals surface area contributed by atoms with Gasteiger partial charge in [0.05, 0.1) is 0 Å². The van der Waals surface area contributed by atoms with Crippen molar-refractivity contribution in [1.29, 1.82) is 0 Å². The molecule has 5 heteroatoms. The topological polar surface area (TPSA) is 58.6 Å². The maximum Gasteiger partial charge on any atom is 0.410 e. The fourth-order valence-electron chi connectivity index (χ4n) is 3.06. The molecule has 5 nitrogen and oxygen atoms in total. The second kappa shape index (κ2) is 8.37. The summed E-state index contributed by atoms with van der Waals surface area (Å²) >= 11 is 0. The lowest BCUT2D eigenvalue weighted by atomic mass is 10.0. The molecule has 0 spiro atoms. The van der Waals surface area contributed by atoms with Crippen molar-refractivity contribution in [2.75, 3.05) is 13.1 Å². The monoisotopic (exact) mass is 346 g/mol. The molecule has 1 aromatic carbocycles. The second-order valence-electron chi connectivity index (χ2n) is 7.87. The minimum Gasteiger partial charge on any atom is -0.444 e. The fourth-order valence-corrected chi connectivity index (χ4v) is 3.06. The second-order valence-corrected chi connectivity index (χ2v) is 7.87. The van der Waals surface area contributed by atoms with Gasteiger partial charge in [-0.25, -0.2) is 4.79 Å². The zero-order valence-electron chi connectivity index (χ0n) is 15.7. The number of nitrogens with zero attached hydrogens (tertiary/aromatic N) is 1. The van der Waals surface area contributed by atoms with Gasteiger partial charge in [-0.05, 0) is 51.5 Å². The number of hydrogen-bond acceptors (Lipinski definition) is 3. The number of benzene rings is 1. The molecule has 0 aromatic heterocycles. The van der Waals surface area contributed by atoms with Gasteiger partial charge in [0, 0.05) is 13.1 Å². The van der Waals surface area contributed by atoms with Gasteiger partial charge in [0.1, 0.15) is 11.6 Å². The molecule has 1 fully saturated rings. The third kappa shape index (κ3) is 6.07. The maximum atomic E-state index is 12.5. The first kappa shape index (κ1) is 19.3. The van der Waals surface area contributed by atoms with Crippen molar-refractivity contribution in [3.8, 4) is 0 Å². The van der Waals surface area contributed by atoms with Crippen LogP contribution in [0.2, 0.25) is 0 Å². The molecule has 2 amide bonds. The largest absolute Gasteiger partial charge is 0.444 e. The summed E-state index contributed by atoms with van der Waals surface area (Å²) < 4.78 is 5.41. The number of carbonyl (C=O) groups is 2. The Morgan fingerprint density at radius 2 is 1.96 bits per heavy atom. The molecule has 1 aliphatic heterocycles. The number of carbonyl (C=O) groups excluding carboxylic acids is 2. The van der Waals surface area contributed by atoms with E-state index in [2.05, 4.69) is 24.4 Å². The van der Waals surface area contributed by atoms with Crippen molar-refractivity contribution >= 4 is 12.0 Å². The van der Waals surface area contributed by atoms with E-state index < -0.39 is 17.7 Å². The highest BCUT2D eigenvalue weighted by atomic mass is 16.6. The summed E-state index contributed by atoms with van der Waals surface area (Å²) in [6.07, 6.45) is 2.04. The average Bonchev–Trinajstić information content (AvgIpc) is 3.02. The molecule has 1 heterocycles. The Balaban J connectivity index is 1.83. The van der Waals surface area contributed by atoms with Crippen LogP contribution in [0.3, 0.4) is 0 Å². The molecule has 0 bridgehead atoms. The van der Waals surface area contributed by atoms with Crippen LogP contribution >= 0.6 is 0 Å². The first-order valence-corrected chi connectivity index (χ1v) is 9.07. The highest BCUT2D eigenvalue weighted by molar-refractivity contribution is 5.86. The van der Waals surface area contributed by atoms with Crippen LogP contribution in [-0.4, -0.2) is 41.6 Å². The van der Waals surface area contributed by atoms with Crippen LogP contribution in [0.15, 0.2) is 30.3 Å². The van der Waals surface area contributed by atoms with Crippen LogP contribution in [-0.2, 0) is 16.0 Å². The minimum atomic E-state index is -0.551. The average molecular weight is 346 g/mol. The smallest absolute Gasteiger partial charge is 0.410 e. The van der Waals surface area contributed by atoms with Crippen molar-refractivity contribution in [3.05, 3.63) is 35.9 Å². The van der Waals surface area contributed by atoms with Crippen LogP contribution in [0.1, 0.15) is 46.1 Å². The number of ether oxygens (including phenoxy) is 1. The molecule has 0 saturated carbocycles. The molecule has 0 aliphatic carbocycles. The van der Waals surface area contributed by atoms with E-state index in [1.165, 1.54) is 5.56 Å². The summed E-state index contributed by atoms with van der Waals surface area (Å²) in [5.41, 5.74) is 0.714. The Hall–Kier alpha value is -2.04. The molecule has 1 N–H and O–H groups in total. The zero-order chi connectivity index (χ0) is 18.4.